The summed E-state index contributed by atoms with van der Waals surface area (Å²) in [6.45, 7) is 6.45. The van der Waals surface area contributed by atoms with Crippen molar-refractivity contribution >= 4 is 23.6 Å². The van der Waals surface area contributed by atoms with Crippen LogP contribution in [0.4, 0.5) is 15.4 Å². The summed E-state index contributed by atoms with van der Waals surface area (Å²) in [6, 6.07) is 2.97. The highest BCUT2D eigenvalue weighted by atomic mass is 16.5. The standard InChI is InChI=1S/C15H22N8O3/c1-11-18-19-12-3-4-13(20-23(11)12)22-8-6-21(7-9-22)5-2-10-26-15(25)17-14(16)24/h3-4H,2,5-10H2,1H3,(H3,16,17,24,25). The minimum Gasteiger partial charge on any atom is -0.449 e. The molecule has 140 valence electrons. The van der Waals surface area contributed by atoms with E-state index >= 15 is 0 Å². The zero-order valence-corrected chi connectivity index (χ0v) is 14.6. The average molecular weight is 362 g/mol. The van der Waals surface area contributed by atoms with Gasteiger partial charge in [0.15, 0.2) is 11.5 Å². The number of piperazine rings is 1. The van der Waals surface area contributed by atoms with Crippen LogP contribution in [0.5, 0.6) is 0 Å². The van der Waals surface area contributed by atoms with Crippen molar-refractivity contribution in [2.75, 3.05) is 44.2 Å². The quantitative estimate of drug-likeness (QED) is 0.696. The van der Waals surface area contributed by atoms with Crippen LogP contribution in [-0.2, 0) is 4.74 Å². The lowest BCUT2D eigenvalue weighted by Gasteiger charge is -2.35. The minimum atomic E-state index is -0.917. The maximum Gasteiger partial charge on any atom is 0.415 e. The van der Waals surface area contributed by atoms with E-state index in [4.69, 9.17) is 10.5 Å². The number of carbonyl (C=O) groups excluding carboxylic acids is 2. The highest BCUT2D eigenvalue weighted by molar-refractivity contribution is 5.89. The van der Waals surface area contributed by atoms with Crippen LogP contribution in [0, 0.1) is 6.92 Å². The third kappa shape index (κ3) is 4.36. The summed E-state index contributed by atoms with van der Waals surface area (Å²) in [6.07, 6.45) is -0.121. The number of anilines is 1. The number of hydrogen-bond acceptors (Lipinski definition) is 8. The number of rotatable bonds is 5. The van der Waals surface area contributed by atoms with Crippen LogP contribution < -0.4 is 16.0 Å². The molecule has 1 fully saturated rings. The lowest BCUT2D eigenvalue weighted by molar-refractivity contribution is 0.139. The summed E-state index contributed by atoms with van der Waals surface area (Å²) >= 11 is 0. The zero-order chi connectivity index (χ0) is 18.5. The van der Waals surface area contributed by atoms with E-state index in [1.807, 2.05) is 24.4 Å². The van der Waals surface area contributed by atoms with Gasteiger partial charge in [0.2, 0.25) is 0 Å². The number of primary amides is 1. The molecule has 0 aliphatic carbocycles. The van der Waals surface area contributed by atoms with Gasteiger partial charge in [-0.25, -0.2) is 14.9 Å². The molecule has 3 heterocycles. The van der Waals surface area contributed by atoms with Gasteiger partial charge < -0.3 is 15.4 Å². The minimum absolute atomic E-state index is 0.241. The molecule has 0 unspecified atom stereocenters. The molecule has 2 aromatic rings. The smallest absolute Gasteiger partial charge is 0.415 e. The third-order valence-electron chi connectivity index (χ3n) is 4.18. The van der Waals surface area contributed by atoms with E-state index in [1.54, 1.807) is 4.52 Å². The van der Waals surface area contributed by atoms with Crippen molar-refractivity contribution in [1.82, 2.24) is 30.0 Å². The van der Waals surface area contributed by atoms with Crippen molar-refractivity contribution in [3.8, 4) is 0 Å². The summed E-state index contributed by atoms with van der Waals surface area (Å²) in [4.78, 5) is 26.2. The van der Waals surface area contributed by atoms with Gasteiger partial charge in [-0.2, -0.15) is 4.52 Å². The van der Waals surface area contributed by atoms with E-state index in [1.165, 1.54) is 0 Å². The van der Waals surface area contributed by atoms with Crippen LogP contribution in [0.2, 0.25) is 0 Å². The fourth-order valence-corrected chi connectivity index (χ4v) is 2.85. The van der Waals surface area contributed by atoms with Gasteiger partial charge in [-0.3, -0.25) is 4.90 Å². The van der Waals surface area contributed by atoms with Crippen LogP contribution in [0.25, 0.3) is 5.65 Å². The number of aromatic nitrogens is 4. The maximum absolute atomic E-state index is 11.1. The summed E-state index contributed by atoms with van der Waals surface area (Å²) in [5.41, 5.74) is 5.57. The molecule has 0 saturated carbocycles. The zero-order valence-electron chi connectivity index (χ0n) is 14.6. The number of amides is 3. The number of carbonyl (C=O) groups is 2. The molecule has 3 rings (SSSR count). The van der Waals surface area contributed by atoms with Gasteiger partial charge in [0.25, 0.3) is 0 Å². The molecule has 0 radical (unpaired) electrons. The molecule has 0 aromatic carbocycles. The number of fused-ring (bicyclic) bond motifs is 1. The van der Waals surface area contributed by atoms with Crippen LogP contribution in [-0.4, -0.2) is 76.2 Å². The fraction of sp³-hybridized carbons (Fsp3) is 0.533. The second-order valence-corrected chi connectivity index (χ2v) is 6.02. The van der Waals surface area contributed by atoms with Gasteiger partial charge in [0, 0.05) is 32.7 Å². The van der Waals surface area contributed by atoms with Gasteiger partial charge in [0.05, 0.1) is 6.61 Å². The number of aryl methyl sites for hydroxylation is 1. The molecule has 26 heavy (non-hydrogen) atoms. The molecular weight excluding hydrogens is 340 g/mol. The highest BCUT2D eigenvalue weighted by Gasteiger charge is 2.18. The van der Waals surface area contributed by atoms with Crippen LogP contribution in [0.3, 0.4) is 0 Å². The molecule has 0 bridgehead atoms. The Kier molecular flexibility index (Phi) is 5.46. The van der Waals surface area contributed by atoms with Gasteiger partial charge in [-0.1, -0.05) is 0 Å². The first-order chi connectivity index (χ1) is 12.5. The van der Waals surface area contributed by atoms with E-state index in [0.29, 0.717) is 6.42 Å². The molecule has 1 aliphatic heterocycles. The lowest BCUT2D eigenvalue weighted by Crippen LogP contribution is -2.47. The SMILES string of the molecule is Cc1nnc2ccc(N3CCN(CCCOC(=O)NC(N)=O)CC3)nn12. The number of nitrogens with one attached hydrogen (secondary N) is 1. The number of alkyl carbamates (subject to hydrolysis) is 1. The highest BCUT2D eigenvalue weighted by Crippen LogP contribution is 2.14. The van der Waals surface area contributed by atoms with Crippen molar-refractivity contribution < 1.29 is 14.3 Å². The second-order valence-electron chi connectivity index (χ2n) is 6.02. The van der Waals surface area contributed by atoms with Crippen molar-refractivity contribution in [2.24, 2.45) is 5.73 Å². The predicted octanol–water partition coefficient (Wildman–Crippen LogP) is -0.250. The monoisotopic (exact) mass is 362 g/mol. The Balaban J connectivity index is 1.41. The maximum atomic E-state index is 11.1. The Hall–Kier alpha value is -2.95. The van der Waals surface area contributed by atoms with Crippen molar-refractivity contribution in [1.29, 1.82) is 0 Å². The summed E-state index contributed by atoms with van der Waals surface area (Å²) in [5, 5.41) is 14.5. The van der Waals surface area contributed by atoms with Crippen molar-refractivity contribution in [2.45, 2.75) is 13.3 Å². The predicted molar refractivity (Wildman–Crippen MR) is 92.9 cm³/mol. The Morgan fingerprint density at radius 1 is 1.23 bits per heavy atom. The van der Waals surface area contributed by atoms with Gasteiger partial charge in [-0.15, -0.1) is 15.3 Å². The van der Waals surface area contributed by atoms with E-state index < -0.39 is 12.1 Å². The van der Waals surface area contributed by atoms with E-state index in [9.17, 15) is 9.59 Å². The van der Waals surface area contributed by atoms with Crippen molar-refractivity contribution in [3.05, 3.63) is 18.0 Å². The summed E-state index contributed by atoms with van der Waals surface area (Å²) in [5.74, 6) is 1.67. The van der Waals surface area contributed by atoms with E-state index in [2.05, 4.69) is 25.1 Å². The molecule has 11 nitrogen and oxygen atoms in total. The molecule has 11 heteroatoms. The largest absolute Gasteiger partial charge is 0.449 e. The molecule has 0 spiro atoms. The molecule has 1 saturated heterocycles. The number of urea groups is 1. The number of hydrogen-bond donors (Lipinski definition) is 2. The molecular formula is C15H22N8O3. The first-order valence-electron chi connectivity index (χ1n) is 8.42. The van der Waals surface area contributed by atoms with E-state index in [-0.39, 0.29) is 6.61 Å². The molecule has 0 atom stereocenters. The van der Waals surface area contributed by atoms with Crippen molar-refractivity contribution in [3.63, 3.8) is 0 Å². The average Bonchev–Trinajstić information content (AvgIpc) is 2.99. The topological polar surface area (TPSA) is 131 Å². The van der Waals surface area contributed by atoms with E-state index in [0.717, 1.165) is 50.0 Å². The molecule has 3 amide bonds. The Bertz CT molecular complexity index is 784. The summed E-state index contributed by atoms with van der Waals surface area (Å²) in [7, 11) is 0. The number of nitrogens with two attached hydrogens (primary N) is 1. The Labute approximate surface area is 150 Å². The number of ether oxygens (including phenoxy) is 1. The second kappa shape index (κ2) is 7.95. The van der Waals surface area contributed by atoms with Crippen LogP contribution in [0.1, 0.15) is 12.2 Å². The summed E-state index contributed by atoms with van der Waals surface area (Å²) < 4.78 is 6.61. The lowest BCUT2D eigenvalue weighted by atomic mass is 10.3. The first kappa shape index (κ1) is 17.9. The number of nitrogens with zero attached hydrogens (tertiary/aromatic N) is 6. The Morgan fingerprint density at radius 3 is 2.73 bits per heavy atom. The Morgan fingerprint density at radius 2 is 2.00 bits per heavy atom. The van der Waals surface area contributed by atoms with Crippen LogP contribution in [0.15, 0.2) is 12.1 Å². The molecule has 1 aliphatic rings. The van der Waals surface area contributed by atoms with Gasteiger partial charge in [-0.05, 0) is 25.5 Å². The van der Waals surface area contributed by atoms with Crippen LogP contribution >= 0.6 is 0 Å². The third-order valence-corrected chi connectivity index (χ3v) is 4.18. The van der Waals surface area contributed by atoms with Gasteiger partial charge >= 0.3 is 12.1 Å². The first-order valence-corrected chi connectivity index (χ1v) is 8.42. The molecule has 2 aromatic heterocycles. The number of imide groups is 1. The molecule has 3 N–H and O–H groups in total. The normalized spacial score (nSPS) is 15.2. The fourth-order valence-electron chi connectivity index (χ4n) is 2.85. The van der Waals surface area contributed by atoms with Gasteiger partial charge in [0.1, 0.15) is 5.82 Å².